The lowest BCUT2D eigenvalue weighted by molar-refractivity contribution is -0.117. The molecule has 0 saturated carbocycles. The molecule has 0 saturated heterocycles. The van der Waals surface area contributed by atoms with Gasteiger partial charge in [-0.05, 0) is 88.1 Å². The van der Waals surface area contributed by atoms with Crippen molar-refractivity contribution in [3.63, 3.8) is 0 Å². The maximum Gasteiger partial charge on any atom is 0.254 e. The second-order valence-corrected chi connectivity index (χ2v) is 11.6. The number of ketones is 2. The minimum Gasteiger partial charge on any atom is -0.493 e. The van der Waals surface area contributed by atoms with Crippen molar-refractivity contribution in [2.24, 2.45) is 10.7 Å². The van der Waals surface area contributed by atoms with Gasteiger partial charge in [-0.25, -0.2) is 0 Å². The number of likely N-dealkylation sites (N-methyl/N-ethyl adjacent to an activating group) is 1. The number of Topliss-reactive ketones (excluding diaryl/α,β-unsaturated/α-hetero) is 2. The van der Waals surface area contributed by atoms with E-state index < -0.39 is 0 Å². The zero-order valence-corrected chi connectivity index (χ0v) is 33.4. The lowest BCUT2D eigenvalue weighted by Crippen LogP contribution is -2.23. The number of hydrogen-bond acceptors (Lipinski definition) is 7. The molecule has 1 aromatic carbocycles. The van der Waals surface area contributed by atoms with Gasteiger partial charge in [0.1, 0.15) is 18.1 Å². The van der Waals surface area contributed by atoms with Crippen LogP contribution < -0.4 is 11.1 Å². The smallest absolute Gasteiger partial charge is 0.254 e. The normalized spacial score (nSPS) is 11.1. The zero-order chi connectivity index (χ0) is 39.2. The highest BCUT2D eigenvalue weighted by Gasteiger charge is 2.21. The minimum absolute atomic E-state index is 0.0373. The number of carbonyl (C=O) groups is 3. The van der Waals surface area contributed by atoms with Crippen LogP contribution in [0.15, 0.2) is 40.6 Å². The zero-order valence-electron chi connectivity index (χ0n) is 33.4. The van der Waals surface area contributed by atoms with Gasteiger partial charge in [0.25, 0.3) is 5.91 Å². The molecule has 0 aliphatic heterocycles. The Balaban J connectivity index is -0.000000567. The lowest BCUT2D eigenvalue weighted by Gasteiger charge is -2.25. The van der Waals surface area contributed by atoms with E-state index in [1.807, 2.05) is 39.8 Å². The van der Waals surface area contributed by atoms with Gasteiger partial charge in [-0.2, -0.15) is 0 Å². The molecule has 0 bridgehead atoms. The number of aliphatic imine (C=N–C) groups is 1. The molecular formula is C39H69FN4O5. The molecule has 0 fully saturated rings. The number of carbonyl (C=O) groups excluding carboxylic acids is 3. The summed E-state index contributed by atoms with van der Waals surface area (Å²) in [4.78, 5) is 39.3. The average Bonchev–Trinajstić information content (AvgIpc) is 3.04. The Hall–Kier alpha value is -3.66. The van der Waals surface area contributed by atoms with E-state index in [1.54, 1.807) is 19.1 Å². The number of nitrogens with two attached hydrogens (primary N) is 1. The first-order valence-corrected chi connectivity index (χ1v) is 17.2. The Labute approximate surface area is 297 Å². The summed E-state index contributed by atoms with van der Waals surface area (Å²) in [6.45, 7) is 27.5. The van der Waals surface area contributed by atoms with Crippen LogP contribution in [0, 0.1) is 12.3 Å². The molecule has 0 aromatic heterocycles. The number of halogens is 1. The van der Waals surface area contributed by atoms with Gasteiger partial charge in [0.15, 0.2) is 5.78 Å². The average molecular weight is 693 g/mol. The van der Waals surface area contributed by atoms with Crippen molar-refractivity contribution in [3.8, 4) is 0 Å². The molecule has 0 aliphatic rings. The maximum absolute atomic E-state index is 13.1. The summed E-state index contributed by atoms with van der Waals surface area (Å²) < 4.78 is 20.3. The number of aryl methyl sites for hydroxylation is 1. The predicted octanol–water partition coefficient (Wildman–Crippen LogP) is 8.45. The van der Waals surface area contributed by atoms with E-state index in [0.29, 0.717) is 36.4 Å². The fourth-order valence-electron chi connectivity index (χ4n) is 4.14. The molecule has 10 heteroatoms. The minimum atomic E-state index is -0.304. The Morgan fingerprint density at radius 1 is 1.02 bits per heavy atom. The third kappa shape index (κ3) is 25.0. The number of alkyl halides is 1. The third-order valence-electron chi connectivity index (χ3n) is 6.07. The van der Waals surface area contributed by atoms with Crippen molar-refractivity contribution in [2.75, 3.05) is 40.6 Å². The number of allylic oxidation sites excluding steroid dienone is 2. The molecule has 0 aliphatic carbocycles. The number of amidine groups is 1. The second kappa shape index (κ2) is 31.6. The van der Waals surface area contributed by atoms with Crippen LogP contribution in [0.5, 0.6) is 0 Å². The highest BCUT2D eigenvalue weighted by Crippen LogP contribution is 2.30. The summed E-state index contributed by atoms with van der Waals surface area (Å²) in [5.41, 5.74) is 10.4. The van der Waals surface area contributed by atoms with Gasteiger partial charge >= 0.3 is 0 Å². The summed E-state index contributed by atoms with van der Waals surface area (Å²) in [5, 5.41) is 10.3. The molecule has 1 amide bonds. The van der Waals surface area contributed by atoms with Crippen LogP contribution in [0.2, 0.25) is 0 Å². The molecule has 0 heterocycles. The number of hydrogen-bond donors (Lipinski definition) is 3. The summed E-state index contributed by atoms with van der Waals surface area (Å²) in [6.07, 6.45) is 6.44. The van der Waals surface area contributed by atoms with E-state index in [9.17, 15) is 18.8 Å². The van der Waals surface area contributed by atoms with Gasteiger partial charge < -0.3 is 25.3 Å². The highest BCUT2D eigenvalue weighted by atomic mass is 19.1. The Morgan fingerprint density at radius 3 is 1.90 bits per heavy atom. The highest BCUT2D eigenvalue weighted by molar-refractivity contribution is 6.10. The van der Waals surface area contributed by atoms with E-state index in [1.165, 1.54) is 26.5 Å². The van der Waals surface area contributed by atoms with Crippen molar-refractivity contribution in [1.82, 2.24) is 5.32 Å². The number of nitrogens with one attached hydrogen (secondary N) is 2. The second-order valence-electron chi connectivity index (χ2n) is 11.6. The SMILES string of the molecule is C/C=C(C(=O)NC)\C(=C/C(CC(=N)N)=NCC(=O)c1cc(C)c(CC)c(C(C)(C)C)c1)OCC.CC.CC(C)=O.CCCOCCC.CF. The topological polar surface area (TPSA) is 144 Å². The monoisotopic (exact) mass is 693 g/mol. The van der Waals surface area contributed by atoms with Crippen molar-refractivity contribution in [2.45, 2.75) is 121 Å². The van der Waals surface area contributed by atoms with Crippen molar-refractivity contribution in [3.05, 3.63) is 57.9 Å². The number of amides is 1. The summed E-state index contributed by atoms with van der Waals surface area (Å²) in [7, 11) is 2.04. The number of benzene rings is 1. The van der Waals surface area contributed by atoms with E-state index in [-0.39, 0.29) is 41.7 Å². The third-order valence-corrected chi connectivity index (χ3v) is 6.07. The van der Waals surface area contributed by atoms with Crippen LogP contribution in [0.25, 0.3) is 0 Å². The van der Waals surface area contributed by atoms with Gasteiger partial charge in [-0.1, -0.05) is 61.5 Å². The summed E-state index contributed by atoms with van der Waals surface area (Å²) in [6, 6.07) is 3.89. The Kier molecular flexibility index (Phi) is 33.6. The van der Waals surface area contributed by atoms with Crippen molar-refractivity contribution in [1.29, 1.82) is 5.41 Å². The first-order chi connectivity index (χ1) is 23.0. The first-order valence-electron chi connectivity index (χ1n) is 17.2. The number of ether oxygens (including phenoxy) is 2. The van der Waals surface area contributed by atoms with Gasteiger partial charge in [-0.15, -0.1) is 0 Å². The van der Waals surface area contributed by atoms with Crippen LogP contribution in [0.1, 0.15) is 129 Å². The van der Waals surface area contributed by atoms with Gasteiger partial charge in [0, 0.05) is 44.0 Å². The van der Waals surface area contributed by atoms with E-state index in [2.05, 4.69) is 51.9 Å². The molecule has 1 rings (SSSR count). The summed E-state index contributed by atoms with van der Waals surface area (Å²) in [5.74, 6) is -0.0451. The molecule has 0 atom stereocenters. The van der Waals surface area contributed by atoms with Crippen molar-refractivity contribution < 1.29 is 28.2 Å². The van der Waals surface area contributed by atoms with Crippen LogP contribution in [0.4, 0.5) is 4.39 Å². The molecule has 49 heavy (non-hydrogen) atoms. The van der Waals surface area contributed by atoms with Crippen LogP contribution in [-0.4, -0.2) is 69.6 Å². The molecule has 1 aromatic rings. The largest absolute Gasteiger partial charge is 0.493 e. The van der Waals surface area contributed by atoms with Gasteiger partial charge in [-0.3, -0.25) is 24.4 Å². The fourth-order valence-corrected chi connectivity index (χ4v) is 4.14. The predicted molar refractivity (Wildman–Crippen MR) is 206 cm³/mol. The number of rotatable bonds is 15. The van der Waals surface area contributed by atoms with E-state index in [0.717, 1.165) is 43.6 Å². The standard InChI is InChI=1S/C27H40N4O3.C6H14O.C3H6O.C2H6.CH3F/c1-9-20-17(4)12-18(13-22(20)27(5,6)7)23(32)16-31-19(15-25(28)29)14-24(34-11-3)21(10-2)26(33)30-8;1-3-5-7-6-4-2;1-3(2)4;2*1-2/h10,12-14H,9,11,15-16H2,1-8H3,(H3,28,29)(H,30,33);3-6H2,1-2H3;1-2H3;1-2H3;1H3/b21-10+,24-14+,31-19?;;;;. The first kappa shape index (κ1) is 52.2. The molecule has 0 spiro atoms. The molecule has 4 N–H and O–H groups in total. The van der Waals surface area contributed by atoms with Crippen molar-refractivity contribution >= 4 is 29.0 Å². The Bertz CT molecular complexity index is 1190. The molecular weight excluding hydrogens is 623 g/mol. The molecule has 0 unspecified atom stereocenters. The van der Waals surface area contributed by atoms with Gasteiger partial charge in [0.05, 0.1) is 25.2 Å². The molecule has 282 valence electrons. The van der Waals surface area contributed by atoms with Gasteiger partial charge in [0.2, 0.25) is 0 Å². The molecule has 9 nitrogen and oxygen atoms in total. The van der Waals surface area contributed by atoms with E-state index >= 15 is 0 Å². The fraction of sp³-hybridized carbons (Fsp3) is 0.615. The Morgan fingerprint density at radius 2 is 1.53 bits per heavy atom. The molecule has 0 radical (unpaired) electrons. The maximum atomic E-state index is 13.1. The van der Waals surface area contributed by atoms with E-state index in [4.69, 9.17) is 20.6 Å². The van der Waals surface area contributed by atoms with Crippen LogP contribution in [0.3, 0.4) is 0 Å². The summed E-state index contributed by atoms with van der Waals surface area (Å²) >= 11 is 0. The number of nitrogens with zero attached hydrogens (tertiary/aromatic N) is 1. The van der Waals surface area contributed by atoms with Crippen LogP contribution in [-0.2, 0) is 30.9 Å². The van der Waals surface area contributed by atoms with Crippen LogP contribution >= 0.6 is 0 Å². The lowest BCUT2D eigenvalue weighted by atomic mass is 9.80. The quantitative estimate of drug-likeness (QED) is 0.0320.